The van der Waals surface area contributed by atoms with Gasteiger partial charge in [0.2, 0.25) is 6.41 Å². The van der Waals surface area contributed by atoms with Gasteiger partial charge in [-0.2, -0.15) is 9.78 Å². The Labute approximate surface area is 151 Å². The van der Waals surface area contributed by atoms with Crippen molar-refractivity contribution < 1.29 is 14.7 Å². The lowest BCUT2D eigenvalue weighted by molar-refractivity contribution is 0.134. The number of rotatable bonds is 5. The smallest absolute Gasteiger partial charge is 0.319 e. The molecule has 2 aromatic rings. The molecule has 1 unspecified atom stereocenters. The molecule has 138 valence electrons. The van der Waals surface area contributed by atoms with E-state index >= 15 is 0 Å². The number of carbonyl (C=O) groups excluding carboxylic acids is 2. The zero-order valence-electron chi connectivity index (χ0n) is 15.1. The van der Waals surface area contributed by atoms with Crippen LogP contribution in [0.4, 0.5) is 10.6 Å². The summed E-state index contributed by atoms with van der Waals surface area (Å²) >= 11 is 0. The summed E-state index contributed by atoms with van der Waals surface area (Å²) in [5, 5.41) is 19.9. The number of hydrogen-bond acceptors (Lipinski definition) is 5. The highest BCUT2D eigenvalue weighted by molar-refractivity contribution is 5.78. The number of amides is 2. The van der Waals surface area contributed by atoms with Crippen LogP contribution in [0.25, 0.3) is 0 Å². The summed E-state index contributed by atoms with van der Waals surface area (Å²) < 4.78 is 1.25. The molecule has 3 rings (SSSR count). The van der Waals surface area contributed by atoms with E-state index in [1.807, 2.05) is 44.2 Å². The molecule has 8 heteroatoms. The molecule has 1 aliphatic heterocycles. The molecule has 1 aromatic carbocycles. The first-order valence-corrected chi connectivity index (χ1v) is 8.42. The number of hydrogen-bond donors (Lipinski definition) is 3. The maximum atomic E-state index is 12.9. The molecule has 1 aromatic heterocycles. The maximum absolute atomic E-state index is 12.9. The van der Waals surface area contributed by atoms with Crippen molar-refractivity contribution in [3.05, 3.63) is 47.2 Å². The van der Waals surface area contributed by atoms with Crippen molar-refractivity contribution in [1.29, 1.82) is 0 Å². The molecule has 2 amide bonds. The number of nitrogens with zero attached hydrogens (tertiary/aromatic N) is 3. The third kappa shape index (κ3) is 2.82. The van der Waals surface area contributed by atoms with Gasteiger partial charge in [0, 0.05) is 12.6 Å². The molecular weight excluding hydrogens is 334 g/mol. The quantitative estimate of drug-likeness (QED) is 0.704. The van der Waals surface area contributed by atoms with Crippen LogP contribution in [0.3, 0.4) is 0 Å². The van der Waals surface area contributed by atoms with Crippen LogP contribution in [0.5, 0.6) is 0 Å². The average molecular weight is 357 g/mol. The third-order valence-corrected chi connectivity index (χ3v) is 4.84. The highest BCUT2D eigenvalue weighted by atomic mass is 16.3. The lowest BCUT2D eigenvalue weighted by Crippen LogP contribution is -2.48. The van der Waals surface area contributed by atoms with Crippen molar-refractivity contribution in [3.63, 3.8) is 0 Å². The molecule has 0 saturated heterocycles. The molecular formula is C18H23N5O3. The monoisotopic (exact) mass is 357 g/mol. The summed E-state index contributed by atoms with van der Waals surface area (Å²) in [6.45, 7) is 3.90. The number of aromatic nitrogens is 2. The van der Waals surface area contributed by atoms with E-state index in [-0.39, 0.29) is 12.6 Å². The van der Waals surface area contributed by atoms with Gasteiger partial charge in [-0.3, -0.25) is 4.79 Å². The van der Waals surface area contributed by atoms with Crippen molar-refractivity contribution in [3.8, 4) is 0 Å². The van der Waals surface area contributed by atoms with Gasteiger partial charge in [0.15, 0.2) is 0 Å². The highest BCUT2D eigenvalue weighted by Gasteiger charge is 2.45. The number of aliphatic hydroxyl groups is 1. The van der Waals surface area contributed by atoms with E-state index in [0.717, 1.165) is 11.1 Å². The van der Waals surface area contributed by atoms with Gasteiger partial charge < -0.3 is 20.6 Å². The number of fused-ring (bicyclic) bond motifs is 1. The lowest BCUT2D eigenvalue weighted by atomic mass is 10.0. The van der Waals surface area contributed by atoms with Crippen molar-refractivity contribution in [1.82, 2.24) is 20.0 Å². The number of aliphatic hydroxyl groups excluding tert-OH is 1. The first-order chi connectivity index (χ1) is 12.4. The highest BCUT2D eigenvalue weighted by Crippen LogP contribution is 2.41. The van der Waals surface area contributed by atoms with Gasteiger partial charge >= 0.3 is 6.03 Å². The summed E-state index contributed by atoms with van der Waals surface area (Å²) in [4.78, 5) is 25.8. The predicted octanol–water partition coefficient (Wildman–Crippen LogP) is 1.46. The number of benzene rings is 1. The minimum Gasteiger partial charge on any atom is -0.394 e. The Morgan fingerprint density at radius 3 is 2.65 bits per heavy atom. The molecule has 26 heavy (non-hydrogen) atoms. The second-order valence-electron chi connectivity index (χ2n) is 6.72. The van der Waals surface area contributed by atoms with Crippen LogP contribution in [0.15, 0.2) is 30.3 Å². The van der Waals surface area contributed by atoms with E-state index in [1.165, 1.54) is 4.68 Å². The van der Waals surface area contributed by atoms with Crippen LogP contribution in [-0.4, -0.2) is 45.9 Å². The summed E-state index contributed by atoms with van der Waals surface area (Å²) in [6.07, 6.45) is 0.641. The maximum Gasteiger partial charge on any atom is 0.319 e. The van der Waals surface area contributed by atoms with Crippen LogP contribution in [0, 0.1) is 0 Å². The lowest BCUT2D eigenvalue weighted by Gasteiger charge is -2.33. The number of anilines is 1. The minimum absolute atomic E-state index is 0.200. The summed E-state index contributed by atoms with van der Waals surface area (Å²) in [5.74, 6) is 0.583. The molecule has 8 nitrogen and oxygen atoms in total. The SMILES string of the molecule is CNc1c2c(nn1C=O)C(C)(C)N(C(=O)NC(CO)c1ccccc1)C2. The Bertz CT molecular complexity index is 816. The van der Waals surface area contributed by atoms with Gasteiger partial charge in [-0.05, 0) is 19.4 Å². The fourth-order valence-electron chi connectivity index (χ4n) is 3.41. The number of carbonyl (C=O) groups is 2. The van der Waals surface area contributed by atoms with E-state index in [9.17, 15) is 14.7 Å². The minimum atomic E-state index is -0.685. The standard InChI is InChI=1S/C18H23N5O3/c1-18(2)15-13(16(19-3)23(11-25)21-15)9-22(18)17(26)20-14(10-24)12-7-5-4-6-8-12/h4-8,11,14,19,24H,9-10H2,1-3H3,(H,20,26). The van der Waals surface area contributed by atoms with Gasteiger partial charge in [-0.15, -0.1) is 0 Å². The van der Waals surface area contributed by atoms with Crippen LogP contribution >= 0.6 is 0 Å². The summed E-state index contributed by atoms with van der Waals surface area (Å²) in [7, 11) is 1.71. The molecule has 0 aliphatic carbocycles. The van der Waals surface area contributed by atoms with Gasteiger partial charge in [-0.1, -0.05) is 30.3 Å². The first kappa shape index (κ1) is 17.9. The molecule has 0 radical (unpaired) electrons. The van der Waals surface area contributed by atoms with Crippen molar-refractivity contribution in [2.45, 2.75) is 32.0 Å². The van der Waals surface area contributed by atoms with Gasteiger partial charge in [0.1, 0.15) is 5.82 Å². The van der Waals surface area contributed by atoms with E-state index in [4.69, 9.17) is 0 Å². The largest absolute Gasteiger partial charge is 0.394 e. The number of urea groups is 1. The van der Waals surface area contributed by atoms with Crippen LogP contribution in [-0.2, 0) is 16.9 Å². The van der Waals surface area contributed by atoms with E-state index in [1.54, 1.807) is 11.9 Å². The van der Waals surface area contributed by atoms with Crippen LogP contribution in [0.1, 0.15) is 36.7 Å². The molecule has 0 fully saturated rings. The van der Waals surface area contributed by atoms with Crippen molar-refractivity contribution >= 4 is 18.3 Å². The molecule has 0 bridgehead atoms. The Hall–Kier alpha value is -2.87. The zero-order chi connectivity index (χ0) is 18.9. The second kappa shape index (κ2) is 6.80. The fourth-order valence-corrected chi connectivity index (χ4v) is 3.41. The van der Waals surface area contributed by atoms with E-state index < -0.39 is 11.6 Å². The zero-order valence-corrected chi connectivity index (χ0v) is 15.1. The van der Waals surface area contributed by atoms with Gasteiger partial charge in [-0.25, -0.2) is 4.79 Å². The predicted molar refractivity (Wildman–Crippen MR) is 97.3 cm³/mol. The Morgan fingerprint density at radius 1 is 1.38 bits per heavy atom. The molecule has 0 spiro atoms. The molecule has 0 saturated carbocycles. The summed E-state index contributed by atoms with van der Waals surface area (Å²) in [6, 6.07) is 8.54. The Kier molecular flexibility index (Phi) is 4.69. The molecule has 1 aliphatic rings. The second-order valence-corrected chi connectivity index (χ2v) is 6.72. The first-order valence-electron chi connectivity index (χ1n) is 8.42. The average Bonchev–Trinajstić information content (AvgIpc) is 3.14. The normalized spacial score (nSPS) is 16.1. The topological polar surface area (TPSA) is 99.5 Å². The summed E-state index contributed by atoms with van der Waals surface area (Å²) in [5.41, 5.74) is 1.65. The van der Waals surface area contributed by atoms with Crippen molar-refractivity contribution in [2.75, 3.05) is 19.0 Å². The van der Waals surface area contributed by atoms with Crippen molar-refractivity contribution in [2.24, 2.45) is 0 Å². The number of nitrogens with one attached hydrogen (secondary N) is 2. The van der Waals surface area contributed by atoms with E-state index in [2.05, 4.69) is 15.7 Å². The molecule has 2 heterocycles. The molecule has 1 atom stereocenters. The Morgan fingerprint density at radius 2 is 2.08 bits per heavy atom. The van der Waals surface area contributed by atoms with Crippen LogP contribution in [0.2, 0.25) is 0 Å². The van der Waals surface area contributed by atoms with Gasteiger partial charge in [0.05, 0.1) is 30.4 Å². The molecule has 3 N–H and O–H groups in total. The van der Waals surface area contributed by atoms with Crippen LogP contribution < -0.4 is 10.6 Å². The third-order valence-electron chi connectivity index (χ3n) is 4.84. The van der Waals surface area contributed by atoms with E-state index in [0.29, 0.717) is 24.5 Å². The Balaban J connectivity index is 1.84. The fraction of sp³-hybridized carbons (Fsp3) is 0.389. The van der Waals surface area contributed by atoms with Gasteiger partial charge in [0.25, 0.3) is 0 Å².